The fourth-order valence-corrected chi connectivity index (χ4v) is 2.50. The number of rotatable bonds is 10. The first kappa shape index (κ1) is 15.6. The third-order valence-electron chi connectivity index (χ3n) is 3.98. The first-order chi connectivity index (χ1) is 9.70. The second-order valence-corrected chi connectivity index (χ2v) is 6.43. The van der Waals surface area contributed by atoms with Crippen LogP contribution in [0, 0.1) is 5.92 Å². The number of hydrogen-bond acceptors (Lipinski definition) is 3. The zero-order valence-electron chi connectivity index (χ0n) is 13.3. The van der Waals surface area contributed by atoms with Gasteiger partial charge >= 0.3 is 0 Å². The smallest absolute Gasteiger partial charge is 0.122 e. The number of nitrogens with one attached hydrogen (secondary N) is 1. The average Bonchev–Trinajstić information content (AvgIpc) is 3.17. The molecule has 1 aromatic heterocycles. The molecule has 0 atom stereocenters. The number of furan rings is 1. The molecular weight excluding hydrogens is 248 g/mol. The normalized spacial score (nSPS) is 15.4. The molecule has 1 heterocycles. The van der Waals surface area contributed by atoms with Gasteiger partial charge in [-0.05, 0) is 50.8 Å². The van der Waals surface area contributed by atoms with E-state index in [1.807, 2.05) is 6.26 Å². The van der Waals surface area contributed by atoms with Crippen molar-refractivity contribution in [3.63, 3.8) is 0 Å². The van der Waals surface area contributed by atoms with Gasteiger partial charge in [-0.2, -0.15) is 0 Å². The van der Waals surface area contributed by atoms with Crippen LogP contribution in [-0.4, -0.2) is 24.0 Å². The lowest BCUT2D eigenvalue weighted by atomic mass is 10.1. The molecule has 1 N–H and O–H groups in total. The summed E-state index contributed by atoms with van der Waals surface area (Å²) < 4.78 is 5.73. The molecule has 1 aliphatic rings. The van der Waals surface area contributed by atoms with Crippen LogP contribution in [0.4, 0.5) is 0 Å². The Balaban J connectivity index is 1.87. The SMILES string of the molecule is CCCNCc1ccoc1CN(CCC(C)C)C1CC1. The monoisotopic (exact) mass is 278 g/mol. The molecule has 0 spiro atoms. The van der Waals surface area contributed by atoms with Crippen molar-refractivity contribution in [3.05, 3.63) is 23.7 Å². The Morgan fingerprint density at radius 1 is 1.40 bits per heavy atom. The van der Waals surface area contributed by atoms with Crippen molar-refractivity contribution >= 4 is 0 Å². The molecule has 0 aromatic carbocycles. The summed E-state index contributed by atoms with van der Waals surface area (Å²) in [6, 6.07) is 2.92. The van der Waals surface area contributed by atoms with Crippen LogP contribution in [0.15, 0.2) is 16.7 Å². The second kappa shape index (κ2) is 7.84. The molecule has 0 unspecified atom stereocenters. The lowest BCUT2D eigenvalue weighted by Gasteiger charge is -2.22. The first-order valence-corrected chi connectivity index (χ1v) is 8.20. The van der Waals surface area contributed by atoms with Crippen molar-refractivity contribution in [1.29, 1.82) is 0 Å². The summed E-state index contributed by atoms with van der Waals surface area (Å²) in [4.78, 5) is 2.61. The highest BCUT2D eigenvalue weighted by Crippen LogP contribution is 2.29. The Morgan fingerprint density at radius 2 is 2.20 bits per heavy atom. The topological polar surface area (TPSA) is 28.4 Å². The molecule has 114 valence electrons. The highest BCUT2D eigenvalue weighted by Gasteiger charge is 2.29. The largest absolute Gasteiger partial charge is 0.468 e. The van der Waals surface area contributed by atoms with E-state index in [0.29, 0.717) is 0 Å². The zero-order valence-corrected chi connectivity index (χ0v) is 13.3. The van der Waals surface area contributed by atoms with Gasteiger partial charge in [0.15, 0.2) is 0 Å². The van der Waals surface area contributed by atoms with Gasteiger partial charge in [0.05, 0.1) is 12.8 Å². The Labute approximate surface area is 123 Å². The molecular formula is C17H30N2O. The van der Waals surface area contributed by atoms with Crippen molar-refractivity contribution in [2.24, 2.45) is 5.92 Å². The average molecular weight is 278 g/mol. The fraction of sp³-hybridized carbons (Fsp3) is 0.765. The van der Waals surface area contributed by atoms with Crippen LogP contribution < -0.4 is 5.32 Å². The Kier molecular flexibility index (Phi) is 6.11. The van der Waals surface area contributed by atoms with Crippen LogP contribution in [0.1, 0.15) is 57.8 Å². The molecule has 0 aliphatic heterocycles. The van der Waals surface area contributed by atoms with Crippen LogP contribution in [0.5, 0.6) is 0 Å². The van der Waals surface area contributed by atoms with Crippen molar-refractivity contribution in [2.75, 3.05) is 13.1 Å². The van der Waals surface area contributed by atoms with Crippen LogP contribution in [-0.2, 0) is 13.1 Å². The van der Waals surface area contributed by atoms with E-state index >= 15 is 0 Å². The van der Waals surface area contributed by atoms with E-state index in [0.717, 1.165) is 37.4 Å². The molecule has 1 aromatic rings. The molecule has 20 heavy (non-hydrogen) atoms. The lowest BCUT2D eigenvalue weighted by molar-refractivity contribution is 0.220. The van der Waals surface area contributed by atoms with Gasteiger partial charge in [-0.1, -0.05) is 20.8 Å². The Bertz CT molecular complexity index is 382. The molecule has 1 aliphatic carbocycles. The summed E-state index contributed by atoms with van der Waals surface area (Å²) in [6.45, 7) is 11.0. The van der Waals surface area contributed by atoms with E-state index in [1.165, 1.54) is 37.8 Å². The molecule has 0 bridgehead atoms. The van der Waals surface area contributed by atoms with E-state index in [4.69, 9.17) is 4.42 Å². The van der Waals surface area contributed by atoms with Gasteiger partial charge < -0.3 is 9.73 Å². The van der Waals surface area contributed by atoms with Gasteiger partial charge in [0.1, 0.15) is 5.76 Å². The maximum Gasteiger partial charge on any atom is 0.122 e. The molecule has 1 fully saturated rings. The highest BCUT2D eigenvalue weighted by atomic mass is 16.3. The van der Waals surface area contributed by atoms with E-state index in [-0.39, 0.29) is 0 Å². The van der Waals surface area contributed by atoms with Gasteiger partial charge in [0.25, 0.3) is 0 Å². The van der Waals surface area contributed by atoms with Crippen molar-refractivity contribution in [3.8, 4) is 0 Å². The van der Waals surface area contributed by atoms with Crippen LogP contribution in [0.2, 0.25) is 0 Å². The molecule has 3 nitrogen and oxygen atoms in total. The maximum atomic E-state index is 5.73. The van der Waals surface area contributed by atoms with E-state index in [1.54, 1.807) is 0 Å². The summed E-state index contributed by atoms with van der Waals surface area (Å²) in [6.07, 6.45) is 7.02. The number of hydrogen-bond donors (Lipinski definition) is 1. The molecule has 0 saturated heterocycles. The lowest BCUT2D eigenvalue weighted by Crippen LogP contribution is -2.28. The minimum atomic E-state index is 0.776. The predicted molar refractivity (Wildman–Crippen MR) is 83.6 cm³/mol. The van der Waals surface area contributed by atoms with E-state index in [9.17, 15) is 0 Å². The minimum Gasteiger partial charge on any atom is -0.468 e. The summed E-state index contributed by atoms with van der Waals surface area (Å²) in [5.41, 5.74) is 1.33. The summed E-state index contributed by atoms with van der Waals surface area (Å²) in [5.74, 6) is 1.93. The van der Waals surface area contributed by atoms with Crippen molar-refractivity contribution in [1.82, 2.24) is 10.2 Å². The standard InChI is InChI=1S/C17H30N2O/c1-4-9-18-12-15-8-11-20-17(15)13-19(16-5-6-16)10-7-14(2)3/h8,11,14,16,18H,4-7,9-10,12-13H2,1-3H3. The zero-order chi connectivity index (χ0) is 14.4. The van der Waals surface area contributed by atoms with Crippen LogP contribution in [0.3, 0.4) is 0 Å². The summed E-state index contributed by atoms with van der Waals surface area (Å²) in [7, 11) is 0. The second-order valence-electron chi connectivity index (χ2n) is 6.43. The van der Waals surface area contributed by atoms with Gasteiger partial charge in [-0.15, -0.1) is 0 Å². The highest BCUT2D eigenvalue weighted by molar-refractivity contribution is 5.17. The fourth-order valence-electron chi connectivity index (χ4n) is 2.50. The quantitative estimate of drug-likeness (QED) is 0.660. The van der Waals surface area contributed by atoms with Crippen LogP contribution >= 0.6 is 0 Å². The third-order valence-corrected chi connectivity index (χ3v) is 3.98. The van der Waals surface area contributed by atoms with Crippen molar-refractivity contribution in [2.45, 2.75) is 65.6 Å². The predicted octanol–water partition coefficient (Wildman–Crippen LogP) is 3.79. The third kappa shape index (κ3) is 4.95. The van der Waals surface area contributed by atoms with E-state index < -0.39 is 0 Å². The molecule has 2 rings (SSSR count). The summed E-state index contributed by atoms with van der Waals surface area (Å²) in [5, 5.41) is 3.47. The first-order valence-electron chi connectivity index (χ1n) is 8.20. The maximum absolute atomic E-state index is 5.73. The van der Waals surface area contributed by atoms with Gasteiger partial charge in [0, 0.05) is 18.2 Å². The number of nitrogens with zero attached hydrogens (tertiary/aromatic N) is 1. The minimum absolute atomic E-state index is 0.776. The van der Waals surface area contributed by atoms with Crippen LogP contribution in [0.25, 0.3) is 0 Å². The van der Waals surface area contributed by atoms with Gasteiger partial charge in [-0.25, -0.2) is 0 Å². The molecule has 0 amide bonds. The Hall–Kier alpha value is -0.800. The molecule has 0 radical (unpaired) electrons. The van der Waals surface area contributed by atoms with E-state index in [2.05, 4.69) is 37.1 Å². The Morgan fingerprint density at radius 3 is 2.85 bits per heavy atom. The molecule has 3 heteroatoms. The van der Waals surface area contributed by atoms with Crippen molar-refractivity contribution < 1.29 is 4.42 Å². The van der Waals surface area contributed by atoms with Gasteiger partial charge in [-0.3, -0.25) is 4.90 Å². The van der Waals surface area contributed by atoms with Gasteiger partial charge in [0.2, 0.25) is 0 Å². The summed E-state index contributed by atoms with van der Waals surface area (Å²) >= 11 is 0. The molecule has 1 saturated carbocycles.